The van der Waals surface area contributed by atoms with Crippen molar-refractivity contribution < 1.29 is 9.32 Å². The molecular formula is C18H24N6O2. The van der Waals surface area contributed by atoms with Crippen LogP contribution in [0.2, 0.25) is 0 Å². The van der Waals surface area contributed by atoms with Crippen LogP contribution in [-0.4, -0.2) is 56.5 Å². The SMILES string of the molecule is CCN(Cc1noc(C)n1)C1CCCN(C(=O)c2cc(C#N)c[nH]2)CC1. The second-order valence-corrected chi connectivity index (χ2v) is 6.58. The van der Waals surface area contributed by atoms with E-state index >= 15 is 0 Å². The molecule has 1 fully saturated rings. The van der Waals surface area contributed by atoms with Gasteiger partial charge in [-0.15, -0.1) is 0 Å². The molecule has 0 aromatic carbocycles. The summed E-state index contributed by atoms with van der Waals surface area (Å²) in [6.45, 7) is 6.91. The monoisotopic (exact) mass is 356 g/mol. The molecule has 1 atom stereocenters. The van der Waals surface area contributed by atoms with Gasteiger partial charge in [0, 0.05) is 32.3 Å². The van der Waals surface area contributed by atoms with E-state index in [1.807, 2.05) is 11.0 Å². The summed E-state index contributed by atoms with van der Waals surface area (Å²) < 4.78 is 5.06. The van der Waals surface area contributed by atoms with Gasteiger partial charge in [0.25, 0.3) is 5.91 Å². The second kappa shape index (κ2) is 8.15. The standard InChI is InChI=1S/C18H24N6O2/c1-3-23(12-17-21-13(2)26-22-17)15-5-4-7-24(8-6-15)18(25)16-9-14(10-19)11-20-16/h9,11,15,20H,3-8,12H2,1-2H3. The molecule has 3 rings (SSSR count). The molecule has 0 radical (unpaired) electrons. The third kappa shape index (κ3) is 4.11. The highest BCUT2D eigenvalue weighted by Crippen LogP contribution is 2.20. The normalized spacial score (nSPS) is 17.9. The third-order valence-corrected chi connectivity index (χ3v) is 4.86. The summed E-state index contributed by atoms with van der Waals surface area (Å²) in [6, 6.07) is 4.04. The van der Waals surface area contributed by atoms with Crippen LogP contribution in [0.25, 0.3) is 0 Å². The van der Waals surface area contributed by atoms with E-state index in [0.29, 0.717) is 42.1 Å². The van der Waals surface area contributed by atoms with E-state index in [9.17, 15) is 4.79 Å². The van der Waals surface area contributed by atoms with Crippen molar-refractivity contribution in [2.45, 2.75) is 45.7 Å². The number of carbonyl (C=O) groups is 1. The number of aromatic amines is 1. The summed E-state index contributed by atoms with van der Waals surface area (Å²) >= 11 is 0. The second-order valence-electron chi connectivity index (χ2n) is 6.58. The maximum atomic E-state index is 12.7. The number of rotatable bonds is 5. The highest BCUT2D eigenvalue weighted by Gasteiger charge is 2.26. The lowest BCUT2D eigenvalue weighted by Crippen LogP contribution is -2.37. The van der Waals surface area contributed by atoms with Crippen molar-refractivity contribution in [2.24, 2.45) is 0 Å². The number of carbonyl (C=O) groups excluding carboxylic acids is 1. The van der Waals surface area contributed by atoms with E-state index < -0.39 is 0 Å². The molecule has 3 heterocycles. The number of nitrogens with zero attached hydrogens (tertiary/aromatic N) is 5. The zero-order valence-corrected chi connectivity index (χ0v) is 15.2. The van der Waals surface area contributed by atoms with Gasteiger partial charge in [-0.05, 0) is 31.9 Å². The van der Waals surface area contributed by atoms with Gasteiger partial charge in [0.2, 0.25) is 5.89 Å². The highest BCUT2D eigenvalue weighted by atomic mass is 16.5. The predicted octanol–water partition coefficient (Wildman–Crippen LogP) is 2.09. The number of aryl methyl sites for hydroxylation is 1. The van der Waals surface area contributed by atoms with Crippen LogP contribution < -0.4 is 0 Å². The summed E-state index contributed by atoms with van der Waals surface area (Å²) in [5.41, 5.74) is 0.961. The van der Waals surface area contributed by atoms with E-state index in [-0.39, 0.29) is 5.91 Å². The molecule has 2 aromatic rings. The van der Waals surface area contributed by atoms with Crippen LogP contribution in [0, 0.1) is 18.3 Å². The van der Waals surface area contributed by atoms with Crippen LogP contribution in [0.3, 0.4) is 0 Å². The van der Waals surface area contributed by atoms with Crippen molar-refractivity contribution in [3.63, 3.8) is 0 Å². The van der Waals surface area contributed by atoms with Gasteiger partial charge in [-0.1, -0.05) is 12.1 Å². The van der Waals surface area contributed by atoms with Gasteiger partial charge in [0.15, 0.2) is 5.82 Å². The van der Waals surface area contributed by atoms with E-state index in [1.165, 1.54) is 0 Å². The quantitative estimate of drug-likeness (QED) is 0.880. The summed E-state index contributed by atoms with van der Waals surface area (Å²) in [6.07, 6.45) is 4.45. The summed E-state index contributed by atoms with van der Waals surface area (Å²) in [5, 5.41) is 12.9. The number of amides is 1. The summed E-state index contributed by atoms with van der Waals surface area (Å²) in [7, 11) is 0. The first-order valence-electron chi connectivity index (χ1n) is 9.01. The maximum absolute atomic E-state index is 12.7. The fourth-order valence-corrected chi connectivity index (χ4v) is 3.49. The Kier molecular flexibility index (Phi) is 5.68. The average Bonchev–Trinajstić information content (AvgIpc) is 3.22. The topological polar surface area (TPSA) is 102 Å². The number of H-pyrrole nitrogens is 1. The first-order chi connectivity index (χ1) is 12.6. The molecule has 8 nitrogen and oxygen atoms in total. The molecular weight excluding hydrogens is 332 g/mol. The van der Waals surface area contributed by atoms with E-state index in [1.54, 1.807) is 19.2 Å². The molecule has 1 aliphatic heterocycles. The molecule has 0 bridgehead atoms. The molecule has 1 unspecified atom stereocenters. The third-order valence-electron chi connectivity index (χ3n) is 4.86. The van der Waals surface area contributed by atoms with Gasteiger partial charge in [0.1, 0.15) is 11.8 Å². The van der Waals surface area contributed by atoms with Gasteiger partial charge < -0.3 is 14.4 Å². The molecule has 0 aliphatic carbocycles. The zero-order valence-electron chi connectivity index (χ0n) is 15.2. The largest absolute Gasteiger partial charge is 0.356 e. The van der Waals surface area contributed by atoms with Crippen LogP contribution in [0.15, 0.2) is 16.8 Å². The number of nitriles is 1. The highest BCUT2D eigenvalue weighted by molar-refractivity contribution is 5.92. The Morgan fingerprint density at radius 1 is 1.50 bits per heavy atom. The number of hydrogen-bond donors (Lipinski definition) is 1. The van der Waals surface area contributed by atoms with Crippen molar-refractivity contribution in [1.82, 2.24) is 24.9 Å². The fraction of sp³-hybridized carbons (Fsp3) is 0.556. The zero-order chi connectivity index (χ0) is 18.5. The van der Waals surface area contributed by atoms with Crippen LogP contribution in [0.5, 0.6) is 0 Å². The Hall–Kier alpha value is -2.66. The van der Waals surface area contributed by atoms with Gasteiger partial charge in [-0.25, -0.2) is 0 Å². The Labute approximate surface area is 152 Å². The van der Waals surface area contributed by atoms with Gasteiger partial charge in [-0.2, -0.15) is 10.2 Å². The minimum Gasteiger partial charge on any atom is -0.356 e. The number of aromatic nitrogens is 3. The van der Waals surface area contributed by atoms with E-state index in [4.69, 9.17) is 9.78 Å². The number of likely N-dealkylation sites (tertiary alicyclic amines) is 1. The molecule has 0 spiro atoms. The molecule has 0 saturated carbocycles. The Morgan fingerprint density at radius 2 is 2.35 bits per heavy atom. The lowest BCUT2D eigenvalue weighted by Gasteiger charge is -2.28. The molecule has 2 aromatic heterocycles. The molecule has 8 heteroatoms. The van der Waals surface area contributed by atoms with Gasteiger partial charge in [0.05, 0.1) is 12.1 Å². The smallest absolute Gasteiger partial charge is 0.270 e. The molecule has 138 valence electrons. The van der Waals surface area contributed by atoms with Crippen molar-refractivity contribution in [3.05, 3.63) is 35.2 Å². The van der Waals surface area contributed by atoms with Crippen molar-refractivity contribution in [1.29, 1.82) is 5.26 Å². The van der Waals surface area contributed by atoms with Crippen LogP contribution in [0.4, 0.5) is 0 Å². The lowest BCUT2D eigenvalue weighted by molar-refractivity contribution is 0.0750. The lowest BCUT2D eigenvalue weighted by atomic mass is 10.1. The summed E-state index contributed by atoms with van der Waals surface area (Å²) in [4.78, 5) is 24.1. The first kappa shape index (κ1) is 18.1. The first-order valence-corrected chi connectivity index (χ1v) is 9.01. The Morgan fingerprint density at radius 3 is 3.00 bits per heavy atom. The molecule has 1 saturated heterocycles. The van der Waals surface area contributed by atoms with E-state index in [2.05, 4.69) is 26.9 Å². The van der Waals surface area contributed by atoms with Crippen molar-refractivity contribution >= 4 is 5.91 Å². The van der Waals surface area contributed by atoms with Gasteiger partial charge >= 0.3 is 0 Å². The molecule has 1 aliphatic rings. The van der Waals surface area contributed by atoms with Crippen molar-refractivity contribution in [3.8, 4) is 6.07 Å². The van der Waals surface area contributed by atoms with Crippen molar-refractivity contribution in [2.75, 3.05) is 19.6 Å². The van der Waals surface area contributed by atoms with Crippen LogP contribution in [-0.2, 0) is 6.54 Å². The molecule has 1 amide bonds. The van der Waals surface area contributed by atoms with Crippen LogP contribution >= 0.6 is 0 Å². The number of hydrogen-bond acceptors (Lipinski definition) is 6. The van der Waals surface area contributed by atoms with E-state index in [0.717, 1.165) is 32.4 Å². The minimum atomic E-state index is -0.0380. The fourth-order valence-electron chi connectivity index (χ4n) is 3.49. The van der Waals surface area contributed by atoms with Gasteiger partial charge in [-0.3, -0.25) is 9.69 Å². The molecule has 26 heavy (non-hydrogen) atoms. The minimum absolute atomic E-state index is 0.0380. The summed E-state index contributed by atoms with van der Waals surface area (Å²) in [5.74, 6) is 1.25. The Bertz CT molecular complexity index is 790. The maximum Gasteiger partial charge on any atom is 0.270 e. The predicted molar refractivity (Wildman–Crippen MR) is 94.2 cm³/mol. The Balaban J connectivity index is 1.61. The average molecular weight is 356 g/mol. The number of nitrogens with one attached hydrogen (secondary N) is 1. The molecule has 1 N–H and O–H groups in total. The van der Waals surface area contributed by atoms with Crippen LogP contribution in [0.1, 0.15) is 54.0 Å².